The number of amides is 1. The Hall–Kier alpha value is -3.70. The summed E-state index contributed by atoms with van der Waals surface area (Å²) in [6.45, 7) is 0.401. The van der Waals surface area contributed by atoms with Crippen LogP contribution in [0.4, 0.5) is 0 Å². The number of halogens is 1. The maximum atomic E-state index is 13.3. The van der Waals surface area contributed by atoms with Crippen molar-refractivity contribution >= 4 is 28.5 Å². The number of hydrogen-bond donors (Lipinski definition) is 1. The van der Waals surface area contributed by atoms with Crippen LogP contribution in [-0.4, -0.2) is 36.0 Å². The van der Waals surface area contributed by atoms with Crippen molar-refractivity contribution in [1.82, 2.24) is 30.1 Å². The summed E-state index contributed by atoms with van der Waals surface area (Å²) in [6, 6.07) is 12.8. The number of nitrogens with zero attached hydrogens (tertiary/aromatic N) is 6. The van der Waals surface area contributed by atoms with E-state index in [9.17, 15) is 10.1 Å². The number of fused-ring (bicyclic) bond motifs is 2. The molecule has 2 aromatic carbocycles. The van der Waals surface area contributed by atoms with Gasteiger partial charge in [0.1, 0.15) is 11.0 Å². The highest BCUT2D eigenvalue weighted by Gasteiger charge is 2.37. The van der Waals surface area contributed by atoms with Crippen molar-refractivity contribution < 1.29 is 4.79 Å². The summed E-state index contributed by atoms with van der Waals surface area (Å²) in [5, 5.41) is 24.9. The molecule has 1 unspecified atom stereocenters. The molecule has 1 N–H and O–H groups in total. The number of aromatic nitrogens is 5. The van der Waals surface area contributed by atoms with Gasteiger partial charge in [-0.2, -0.15) is 25.8 Å². The number of carbonyl (C=O) groups excluding carboxylic acids is 1. The first-order valence-electron chi connectivity index (χ1n) is 9.36. The summed E-state index contributed by atoms with van der Waals surface area (Å²) in [4.78, 5) is 15.1. The molecule has 148 valence electrons. The lowest BCUT2D eigenvalue weighted by molar-refractivity contribution is 0.0708. The van der Waals surface area contributed by atoms with E-state index < -0.39 is 0 Å². The second-order valence-electron chi connectivity index (χ2n) is 7.28. The predicted molar refractivity (Wildman–Crippen MR) is 110 cm³/mol. The van der Waals surface area contributed by atoms with Crippen LogP contribution in [0.1, 0.15) is 38.8 Å². The van der Waals surface area contributed by atoms with Crippen LogP contribution in [0.2, 0.25) is 5.02 Å². The number of benzene rings is 2. The Labute approximate surface area is 176 Å². The van der Waals surface area contributed by atoms with E-state index in [1.807, 2.05) is 30.1 Å². The first-order valence-corrected chi connectivity index (χ1v) is 9.73. The molecule has 1 atom stereocenters. The van der Waals surface area contributed by atoms with Gasteiger partial charge >= 0.3 is 0 Å². The molecule has 0 aliphatic carbocycles. The summed E-state index contributed by atoms with van der Waals surface area (Å²) < 4.78 is 1.72. The summed E-state index contributed by atoms with van der Waals surface area (Å²) >= 11 is 6.35. The maximum absolute atomic E-state index is 13.3. The number of aromatic amines is 1. The highest BCUT2D eigenvalue weighted by atomic mass is 35.5. The number of nitrogens with one attached hydrogen (secondary N) is 1. The average Bonchev–Trinajstić information content (AvgIpc) is 3.42. The largest absolute Gasteiger partial charge is 0.327 e. The molecule has 2 aromatic heterocycles. The van der Waals surface area contributed by atoms with E-state index in [0.29, 0.717) is 29.1 Å². The minimum absolute atomic E-state index is 0.0713. The molecule has 1 aliphatic rings. The average molecular weight is 418 g/mol. The summed E-state index contributed by atoms with van der Waals surface area (Å²) in [5.74, 6) is -0.0713. The molecule has 0 saturated carbocycles. The van der Waals surface area contributed by atoms with Gasteiger partial charge < -0.3 is 4.90 Å². The van der Waals surface area contributed by atoms with Crippen LogP contribution in [0, 0.1) is 11.3 Å². The Balaban J connectivity index is 1.56. The number of aryl methyl sites for hydroxylation is 1. The van der Waals surface area contributed by atoms with Crippen LogP contribution < -0.4 is 0 Å². The van der Waals surface area contributed by atoms with Crippen molar-refractivity contribution in [2.45, 2.75) is 19.0 Å². The van der Waals surface area contributed by atoms with Crippen LogP contribution >= 0.6 is 11.6 Å². The smallest absolute Gasteiger partial charge is 0.255 e. The van der Waals surface area contributed by atoms with Crippen LogP contribution in [-0.2, 0) is 20.0 Å². The molecule has 9 heteroatoms. The molecule has 1 aliphatic heterocycles. The molecule has 0 fully saturated rings. The quantitative estimate of drug-likeness (QED) is 0.549. The third kappa shape index (κ3) is 2.91. The van der Waals surface area contributed by atoms with E-state index in [2.05, 4.69) is 26.6 Å². The zero-order valence-electron chi connectivity index (χ0n) is 16.0. The van der Waals surface area contributed by atoms with Gasteiger partial charge in [0.25, 0.3) is 5.91 Å². The number of carbonyl (C=O) groups is 1. The number of nitriles is 1. The lowest BCUT2D eigenvalue weighted by Gasteiger charge is -2.26. The van der Waals surface area contributed by atoms with E-state index in [1.165, 1.54) is 0 Å². The molecule has 5 rings (SSSR count). The Bertz CT molecular complexity index is 1310. The second-order valence-corrected chi connectivity index (χ2v) is 7.68. The van der Waals surface area contributed by atoms with Crippen molar-refractivity contribution in [1.29, 1.82) is 5.26 Å². The highest BCUT2D eigenvalue weighted by Crippen LogP contribution is 2.38. The third-order valence-corrected chi connectivity index (χ3v) is 5.85. The monoisotopic (exact) mass is 417 g/mol. The number of hydrogen-bond acceptors (Lipinski definition) is 5. The van der Waals surface area contributed by atoms with E-state index in [0.717, 1.165) is 27.9 Å². The Kier molecular flexibility index (Phi) is 4.26. The second kappa shape index (κ2) is 6.97. The summed E-state index contributed by atoms with van der Waals surface area (Å²) in [6.07, 6.45) is 2.10. The first-order chi connectivity index (χ1) is 14.5. The molecule has 0 saturated heterocycles. The Morgan fingerprint density at radius 2 is 2.03 bits per heavy atom. The summed E-state index contributed by atoms with van der Waals surface area (Å²) in [5.41, 5.74) is 5.26. The normalized spacial score (nSPS) is 15.6. The standard InChI is InChI=1S/C21H16ClN7O/c1-28-20(16(22)10-24-28)8-19-15-6-12(9-23)2-4-14(15)21(30)29(19)11-13-3-5-17-18(7-13)26-27-25-17/h2-7,10,19H,8,11H2,1H3,(H,25,26,27). The van der Waals surface area contributed by atoms with Crippen LogP contribution in [0.15, 0.2) is 42.6 Å². The van der Waals surface area contributed by atoms with Crippen molar-refractivity contribution in [3.63, 3.8) is 0 Å². The lowest BCUT2D eigenvalue weighted by Crippen LogP contribution is -2.29. The minimum Gasteiger partial charge on any atom is -0.327 e. The van der Waals surface area contributed by atoms with Gasteiger partial charge in [-0.15, -0.1) is 0 Å². The lowest BCUT2D eigenvalue weighted by atomic mass is 9.98. The molecule has 0 spiro atoms. The predicted octanol–water partition coefficient (Wildman–Crippen LogP) is 3.16. The fourth-order valence-electron chi connectivity index (χ4n) is 4.00. The molecule has 8 nitrogen and oxygen atoms in total. The Morgan fingerprint density at radius 1 is 1.20 bits per heavy atom. The van der Waals surface area contributed by atoms with Crippen LogP contribution in [0.3, 0.4) is 0 Å². The van der Waals surface area contributed by atoms with Crippen LogP contribution in [0.25, 0.3) is 11.0 Å². The zero-order chi connectivity index (χ0) is 20.8. The fraction of sp³-hybridized carbons (Fsp3) is 0.190. The van der Waals surface area contributed by atoms with Gasteiger partial charge in [0.15, 0.2) is 0 Å². The molecule has 0 radical (unpaired) electrons. The molecule has 0 bridgehead atoms. The van der Waals surface area contributed by atoms with Gasteiger partial charge in [0.05, 0.1) is 34.6 Å². The highest BCUT2D eigenvalue weighted by molar-refractivity contribution is 6.31. The van der Waals surface area contributed by atoms with Crippen molar-refractivity contribution in [2.75, 3.05) is 0 Å². The number of rotatable bonds is 4. The van der Waals surface area contributed by atoms with Gasteiger partial charge in [-0.25, -0.2) is 0 Å². The third-order valence-electron chi connectivity index (χ3n) is 5.54. The zero-order valence-corrected chi connectivity index (χ0v) is 16.8. The molecule has 30 heavy (non-hydrogen) atoms. The molecule has 3 heterocycles. The van der Waals surface area contributed by atoms with Gasteiger partial charge in [-0.05, 0) is 41.5 Å². The topological polar surface area (TPSA) is 103 Å². The molecule has 4 aromatic rings. The summed E-state index contributed by atoms with van der Waals surface area (Å²) in [7, 11) is 1.83. The van der Waals surface area contributed by atoms with E-state index in [-0.39, 0.29) is 11.9 Å². The van der Waals surface area contributed by atoms with E-state index in [4.69, 9.17) is 11.6 Å². The van der Waals surface area contributed by atoms with Crippen molar-refractivity contribution in [3.05, 3.63) is 75.6 Å². The van der Waals surface area contributed by atoms with Gasteiger partial charge in [-0.1, -0.05) is 17.7 Å². The molecule has 1 amide bonds. The maximum Gasteiger partial charge on any atom is 0.255 e. The van der Waals surface area contributed by atoms with E-state index >= 15 is 0 Å². The molecular weight excluding hydrogens is 402 g/mol. The molecular formula is C21H16ClN7O. The SMILES string of the molecule is Cn1ncc(Cl)c1CC1c2cc(C#N)ccc2C(=O)N1Cc1ccc2n[nH]nc2c1. The van der Waals surface area contributed by atoms with Gasteiger partial charge in [0.2, 0.25) is 0 Å². The van der Waals surface area contributed by atoms with Gasteiger partial charge in [-0.3, -0.25) is 9.48 Å². The van der Waals surface area contributed by atoms with Crippen molar-refractivity contribution in [2.24, 2.45) is 7.05 Å². The fourth-order valence-corrected chi connectivity index (χ4v) is 4.24. The number of H-pyrrole nitrogens is 1. The van der Waals surface area contributed by atoms with Crippen LogP contribution in [0.5, 0.6) is 0 Å². The van der Waals surface area contributed by atoms with E-state index in [1.54, 1.807) is 29.1 Å². The minimum atomic E-state index is -0.262. The van der Waals surface area contributed by atoms with Gasteiger partial charge in [0, 0.05) is 25.6 Å². The Morgan fingerprint density at radius 3 is 2.80 bits per heavy atom. The van der Waals surface area contributed by atoms with Crippen molar-refractivity contribution in [3.8, 4) is 6.07 Å². The first kappa shape index (κ1) is 18.3.